The molecule has 1 amide bonds. The van der Waals surface area contributed by atoms with Gasteiger partial charge in [0.1, 0.15) is 0 Å². The number of nitro groups is 1. The van der Waals surface area contributed by atoms with Gasteiger partial charge in [0.2, 0.25) is 0 Å². The van der Waals surface area contributed by atoms with Crippen molar-refractivity contribution in [3.05, 3.63) is 93.0 Å². The molecule has 0 aromatic heterocycles. The molecule has 3 aromatic rings. The summed E-state index contributed by atoms with van der Waals surface area (Å²) in [4.78, 5) is 35.7. The van der Waals surface area contributed by atoms with E-state index in [0.717, 1.165) is 11.6 Å². The minimum Gasteiger partial charge on any atom is -0.449 e. The molecule has 0 fully saturated rings. The van der Waals surface area contributed by atoms with E-state index >= 15 is 0 Å². The minimum atomic E-state index is -4.30. The zero-order valence-corrected chi connectivity index (χ0v) is 20.9. The summed E-state index contributed by atoms with van der Waals surface area (Å²) in [5, 5.41) is 14.0. The number of aryl methyl sites for hydroxylation is 2. The Morgan fingerprint density at radius 1 is 1.00 bits per heavy atom. The Morgan fingerprint density at radius 3 is 2.36 bits per heavy atom. The van der Waals surface area contributed by atoms with Gasteiger partial charge in [0, 0.05) is 17.3 Å². The van der Waals surface area contributed by atoms with Crippen LogP contribution in [0.2, 0.25) is 0 Å². The highest BCUT2D eigenvalue weighted by molar-refractivity contribution is 7.92. The number of ether oxygens (including phenoxy) is 1. The average Bonchev–Trinajstić information content (AvgIpc) is 2.80. The number of hydrogen-bond donors (Lipinski definition) is 2. The number of sulfonamides is 1. The lowest BCUT2D eigenvalue weighted by Crippen LogP contribution is -2.30. The van der Waals surface area contributed by atoms with Crippen molar-refractivity contribution in [2.75, 3.05) is 10.0 Å². The van der Waals surface area contributed by atoms with Crippen LogP contribution >= 0.6 is 0 Å². The van der Waals surface area contributed by atoms with Gasteiger partial charge in [-0.3, -0.25) is 19.6 Å². The van der Waals surface area contributed by atoms with E-state index in [1.807, 2.05) is 13.0 Å². The van der Waals surface area contributed by atoms with Gasteiger partial charge in [-0.1, -0.05) is 24.3 Å². The van der Waals surface area contributed by atoms with E-state index in [2.05, 4.69) is 10.0 Å². The van der Waals surface area contributed by atoms with E-state index in [4.69, 9.17) is 4.74 Å². The second kappa shape index (κ2) is 10.6. The molecule has 0 aliphatic carbocycles. The summed E-state index contributed by atoms with van der Waals surface area (Å²) >= 11 is 0. The normalized spacial score (nSPS) is 11.9. The fourth-order valence-corrected chi connectivity index (χ4v) is 4.54. The molecule has 0 aliphatic rings. The van der Waals surface area contributed by atoms with Crippen molar-refractivity contribution in [3.8, 4) is 0 Å². The molecular weight excluding hydrogens is 486 g/mol. The van der Waals surface area contributed by atoms with Gasteiger partial charge in [0.15, 0.2) is 6.10 Å². The summed E-state index contributed by atoms with van der Waals surface area (Å²) in [6, 6.07) is 15.1. The van der Waals surface area contributed by atoms with E-state index in [0.29, 0.717) is 16.8 Å². The van der Waals surface area contributed by atoms with Crippen LogP contribution in [0, 0.1) is 30.9 Å². The van der Waals surface area contributed by atoms with E-state index in [-0.39, 0.29) is 21.8 Å². The second-order valence-electron chi connectivity index (χ2n) is 8.20. The van der Waals surface area contributed by atoms with Crippen molar-refractivity contribution in [1.29, 1.82) is 0 Å². The number of anilines is 2. The highest BCUT2D eigenvalue weighted by atomic mass is 32.2. The molecule has 3 rings (SSSR count). The zero-order chi connectivity index (χ0) is 26.6. The quantitative estimate of drug-likeness (QED) is 0.257. The molecule has 0 radical (unpaired) electrons. The first kappa shape index (κ1) is 26.4. The lowest BCUT2D eigenvalue weighted by atomic mass is 10.1. The van der Waals surface area contributed by atoms with Gasteiger partial charge in [-0.05, 0) is 69.2 Å². The number of carbonyl (C=O) groups is 2. The Kier molecular flexibility index (Phi) is 7.74. The predicted molar refractivity (Wildman–Crippen MR) is 135 cm³/mol. The van der Waals surface area contributed by atoms with Gasteiger partial charge in [-0.15, -0.1) is 0 Å². The van der Waals surface area contributed by atoms with E-state index < -0.39 is 32.9 Å². The van der Waals surface area contributed by atoms with Crippen LogP contribution in [0.25, 0.3) is 0 Å². The fourth-order valence-electron chi connectivity index (χ4n) is 3.35. The van der Waals surface area contributed by atoms with Crippen molar-refractivity contribution >= 4 is 39.0 Å². The lowest BCUT2D eigenvalue weighted by molar-refractivity contribution is -0.385. The van der Waals surface area contributed by atoms with Crippen molar-refractivity contribution < 1.29 is 27.7 Å². The molecule has 188 valence electrons. The highest BCUT2D eigenvalue weighted by Gasteiger charge is 2.25. The summed E-state index contributed by atoms with van der Waals surface area (Å²) in [6.07, 6.45) is -1.18. The topological polar surface area (TPSA) is 145 Å². The summed E-state index contributed by atoms with van der Waals surface area (Å²) < 4.78 is 33.6. The monoisotopic (exact) mass is 511 g/mol. The van der Waals surface area contributed by atoms with E-state index in [1.54, 1.807) is 25.1 Å². The van der Waals surface area contributed by atoms with Crippen LogP contribution in [0.3, 0.4) is 0 Å². The summed E-state index contributed by atoms with van der Waals surface area (Å²) in [7, 11) is -4.30. The summed E-state index contributed by atoms with van der Waals surface area (Å²) in [6.45, 7) is 6.35. The first-order chi connectivity index (χ1) is 16.9. The van der Waals surface area contributed by atoms with Crippen LogP contribution in [0.4, 0.5) is 17.1 Å². The minimum absolute atomic E-state index is 0.102. The largest absolute Gasteiger partial charge is 0.449 e. The van der Waals surface area contributed by atoms with E-state index in [9.17, 15) is 28.1 Å². The molecule has 0 saturated carbocycles. The Bertz CT molecular complexity index is 1450. The number of esters is 1. The van der Waals surface area contributed by atoms with Crippen LogP contribution in [-0.2, 0) is 19.6 Å². The van der Waals surface area contributed by atoms with Crippen LogP contribution in [0.15, 0.2) is 65.6 Å². The number of rotatable bonds is 8. The molecule has 0 saturated heterocycles. The van der Waals surface area contributed by atoms with Crippen molar-refractivity contribution in [2.45, 2.75) is 38.7 Å². The van der Waals surface area contributed by atoms with Crippen LogP contribution < -0.4 is 10.0 Å². The summed E-state index contributed by atoms with van der Waals surface area (Å²) in [5.74, 6) is -1.49. The molecule has 1 atom stereocenters. The van der Waals surface area contributed by atoms with Crippen molar-refractivity contribution in [3.63, 3.8) is 0 Å². The number of benzene rings is 3. The Labute approximate surface area is 208 Å². The number of para-hydroxylation sites is 1. The van der Waals surface area contributed by atoms with Gasteiger partial charge < -0.3 is 10.1 Å². The molecule has 3 aromatic carbocycles. The summed E-state index contributed by atoms with van der Waals surface area (Å²) in [5.41, 5.74) is 1.68. The number of carbonyl (C=O) groups excluding carboxylic acids is 2. The smallest absolute Gasteiger partial charge is 0.341 e. The molecule has 2 N–H and O–H groups in total. The maximum absolute atomic E-state index is 13.0. The van der Waals surface area contributed by atoms with Crippen LogP contribution in [-0.4, -0.2) is 31.3 Å². The van der Waals surface area contributed by atoms with Gasteiger partial charge in [-0.25, -0.2) is 13.2 Å². The fraction of sp³-hybridized carbons (Fsp3) is 0.200. The Morgan fingerprint density at radius 2 is 1.69 bits per heavy atom. The number of amides is 1. The molecule has 0 heterocycles. The zero-order valence-electron chi connectivity index (χ0n) is 20.1. The molecule has 10 nitrogen and oxygen atoms in total. The van der Waals surface area contributed by atoms with Crippen LogP contribution in [0.5, 0.6) is 0 Å². The van der Waals surface area contributed by atoms with Gasteiger partial charge >= 0.3 is 5.97 Å². The van der Waals surface area contributed by atoms with Crippen LogP contribution in [0.1, 0.15) is 34.0 Å². The maximum Gasteiger partial charge on any atom is 0.341 e. The third-order valence-corrected chi connectivity index (χ3v) is 6.80. The highest BCUT2D eigenvalue weighted by Crippen LogP contribution is 2.28. The standard InChI is InChI=1S/C25H25N3O7S/c1-15-8-7-9-19(12-15)26-24(29)18(4)35-25(30)21-10-5-6-11-22(21)27-36(33,34)20-13-16(2)17(3)23(14-20)28(31)32/h5-14,18,27H,1-4H3,(H,26,29)/t18-/m1/s1. The predicted octanol–water partition coefficient (Wildman–Crippen LogP) is 4.50. The maximum atomic E-state index is 13.0. The second-order valence-corrected chi connectivity index (χ2v) is 9.88. The molecule has 36 heavy (non-hydrogen) atoms. The van der Waals surface area contributed by atoms with Gasteiger partial charge in [0.25, 0.3) is 21.6 Å². The van der Waals surface area contributed by atoms with Gasteiger partial charge in [-0.2, -0.15) is 0 Å². The number of nitrogens with zero attached hydrogens (tertiary/aromatic N) is 1. The molecule has 0 aliphatic heterocycles. The number of nitro benzene ring substituents is 1. The first-order valence-electron chi connectivity index (χ1n) is 10.8. The van der Waals surface area contributed by atoms with Crippen molar-refractivity contribution in [1.82, 2.24) is 0 Å². The lowest BCUT2D eigenvalue weighted by Gasteiger charge is -2.16. The molecule has 11 heteroatoms. The van der Waals surface area contributed by atoms with Gasteiger partial charge in [0.05, 0.1) is 21.1 Å². The van der Waals surface area contributed by atoms with Crippen molar-refractivity contribution in [2.24, 2.45) is 0 Å². The molecular formula is C25H25N3O7S. The average molecular weight is 512 g/mol. The number of hydrogen-bond acceptors (Lipinski definition) is 7. The van der Waals surface area contributed by atoms with E-state index in [1.165, 1.54) is 44.2 Å². The molecule has 0 unspecified atom stereocenters. The number of nitrogens with one attached hydrogen (secondary N) is 2. The third-order valence-electron chi connectivity index (χ3n) is 5.45. The Hall–Kier alpha value is -4.25. The third kappa shape index (κ3) is 6.05. The SMILES string of the molecule is Cc1cccc(NC(=O)[C@@H](C)OC(=O)c2ccccc2NS(=O)(=O)c2cc(C)c(C)c([N+](=O)[O-])c2)c1. The Balaban J connectivity index is 1.81. The first-order valence-corrected chi connectivity index (χ1v) is 12.3. The molecule has 0 bridgehead atoms. The molecule has 0 spiro atoms.